The molecule has 0 bridgehead atoms. The number of aryl methyl sites for hydroxylation is 1. The van der Waals surface area contributed by atoms with Crippen molar-refractivity contribution in [2.24, 2.45) is 11.7 Å². The van der Waals surface area contributed by atoms with Gasteiger partial charge in [0.15, 0.2) is 0 Å². The summed E-state index contributed by atoms with van der Waals surface area (Å²) in [7, 11) is 0. The molecular formula is C17H20N4O3. The summed E-state index contributed by atoms with van der Waals surface area (Å²) < 4.78 is 5.62. The van der Waals surface area contributed by atoms with Crippen molar-refractivity contribution in [3.05, 3.63) is 36.2 Å². The Morgan fingerprint density at radius 3 is 2.75 bits per heavy atom. The molecule has 0 spiro atoms. The van der Waals surface area contributed by atoms with Crippen LogP contribution in [-0.2, 0) is 16.0 Å². The van der Waals surface area contributed by atoms with Crippen LogP contribution in [0, 0.1) is 5.92 Å². The van der Waals surface area contributed by atoms with E-state index in [0.29, 0.717) is 50.6 Å². The zero-order chi connectivity index (χ0) is 16.9. The predicted octanol–water partition coefficient (Wildman–Crippen LogP) is 1.39. The number of nitrogens with zero attached hydrogens (tertiary/aromatic N) is 3. The summed E-state index contributed by atoms with van der Waals surface area (Å²) in [5.74, 6) is 0.517. The van der Waals surface area contributed by atoms with E-state index < -0.39 is 0 Å². The molecule has 0 aliphatic carbocycles. The van der Waals surface area contributed by atoms with E-state index in [9.17, 15) is 9.59 Å². The molecule has 2 amide bonds. The summed E-state index contributed by atoms with van der Waals surface area (Å²) >= 11 is 0. The summed E-state index contributed by atoms with van der Waals surface area (Å²) in [4.78, 5) is 25.0. The third-order valence-electron chi connectivity index (χ3n) is 4.21. The van der Waals surface area contributed by atoms with Crippen LogP contribution in [0.2, 0.25) is 0 Å². The first-order valence-corrected chi connectivity index (χ1v) is 8.08. The van der Waals surface area contributed by atoms with Crippen molar-refractivity contribution in [1.82, 2.24) is 15.1 Å². The monoisotopic (exact) mass is 328 g/mol. The summed E-state index contributed by atoms with van der Waals surface area (Å²) in [6, 6.07) is 9.56. The van der Waals surface area contributed by atoms with Gasteiger partial charge in [-0.15, -0.1) is 10.2 Å². The molecule has 2 aromatic rings. The number of benzene rings is 1. The molecule has 1 aliphatic rings. The zero-order valence-corrected chi connectivity index (χ0v) is 13.4. The average Bonchev–Trinajstić information content (AvgIpc) is 3.25. The minimum absolute atomic E-state index is 0.0431. The first-order chi connectivity index (χ1) is 11.6. The Hall–Kier alpha value is -2.70. The fraction of sp³-hybridized carbons (Fsp3) is 0.412. The minimum Gasteiger partial charge on any atom is -0.421 e. The Kier molecular flexibility index (Phi) is 4.88. The molecule has 126 valence electrons. The molecule has 1 saturated heterocycles. The van der Waals surface area contributed by atoms with Gasteiger partial charge in [-0.05, 0) is 25.0 Å². The highest BCUT2D eigenvalue weighted by atomic mass is 16.4. The van der Waals surface area contributed by atoms with Crippen LogP contribution in [0.5, 0.6) is 0 Å². The first-order valence-electron chi connectivity index (χ1n) is 8.08. The Balaban J connectivity index is 1.46. The fourth-order valence-electron chi connectivity index (χ4n) is 2.82. The lowest BCUT2D eigenvalue weighted by atomic mass is 10.1. The number of hydrogen-bond acceptors (Lipinski definition) is 5. The lowest BCUT2D eigenvalue weighted by Crippen LogP contribution is -2.31. The van der Waals surface area contributed by atoms with Crippen LogP contribution in [-0.4, -0.2) is 40.0 Å². The normalized spacial score (nSPS) is 17.2. The van der Waals surface area contributed by atoms with Gasteiger partial charge in [-0.1, -0.05) is 18.2 Å². The van der Waals surface area contributed by atoms with E-state index in [4.69, 9.17) is 10.2 Å². The third-order valence-corrected chi connectivity index (χ3v) is 4.21. The summed E-state index contributed by atoms with van der Waals surface area (Å²) in [5, 5.41) is 8.05. The van der Waals surface area contributed by atoms with Gasteiger partial charge < -0.3 is 15.1 Å². The molecule has 1 atom stereocenters. The molecule has 1 fully saturated rings. The number of carbonyl (C=O) groups is 2. The summed E-state index contributed by atoms with van der Waals surface area (Å²) in [5.41, 5.74) is 6.16. The van der Waals surface area contributed by atoms with Crippen LogP contribution in [0.1, 0.15) is 25.2 Å². The molecule has 1 aliphatic heterocycles. The van der Waals surface area contributed by atoms with Crippen molar-refractivity contribution in [3.63, 3.8) is 0 Å². The maximum atomic E-state index is 12.1. The van der Waals surface area contributed by atoms with Crippen molar-refractivity contribution >= 4 is 11.8 Å². The Morgan fingerprint density at radius 2 is 2.04 bits per heavy atom. The first kappa shape index (κ1) is 16.2. The van der Waals surface area contributed by atoms with E-state index in [-0.39, 0.29) is 17.7 Å². The lowest BCUT2D eigenvalue weighted by Gasteiger charge is -2.15. The van der Waals surface area contributed by atoms with Crippen LogP contribution in [0.4, 0.5) is 0 Å². The number of rotatable bonds is 6. The number of nitrogens with two attached hydrogens (primary N) is 1. The highest BCUT2D eigenvalue weighted by Gasteiger charge is 2.29. The van der Waals surface area contributed by atoms with Crippen molar-refractivity contribution in [2.75, 3.05) is 13.1 Å². The maximum Gasteiger partial charge on any atom is 0.247 e. The molecule has 3 rings (SSSR count). The molecule has 2 N–H and O–H groups in total. The Morgan fingerprint density at radius 1 is 1.25 bits per heavy atom. The van der Waals surface area contributed by atoms with E-state index >= 15 is 0 Å². The number of hydrogen-bond donors (Lipinski definition) is 1. The maximum absolute atomic E-state index is 12.1. The highest BCUT2D eigenvalue weighted by molar-refractivity contribution is 5.81. The quantitative estimate of drug-likeness (QED) is 0.863. The van der Waals surface area contributed by atoms with Gasteiger partial charge in [-0.2, -0.15) is 0 Å². The van der Waals surface area contributed by atoms with E-state index in [1.807, 2.05) is 30.3 Å². The largest absolute Gasteiger partial charge is 0.421 e. The predicted molar refractivity (Wildman–Crippen MR) is 86.6 cm³/mol. The van der Waals surface area contributed by atoms with Crippen molar-refractivity contribution in [1.29, 1.82) is 0 Å². The van der Waals surface area contributed by atoms with Crippen molar-refractivity contribution in [2.45, 2.75) is 25.7 Å². The zero-order valence-electron chi connectivity index (χ0n) is 13.4. The van der Waals surface area contributed by atoms with Gasteiger partial charge in [-0.25, -0.2) is 0 Å². The molecule has 7 heteroatoms. The molecule has 1 aromatic carbocycles. The number of carbonyl (C=O) groups excluding carboxylic acids is 2. The van der Waals surface area contributed by atoms with E-state index in [1.165, 1.54) is 0 Å². The standard InChI is InChI=1S/C17H20N4O3/c18-16(23)13-9-10-21(11-13)15(22)8-4-7-14-19-20-17(24-14)12-5-2-1-3-6-12/h1-3,5-6,13H,4,7-11H2,(H2,18,23)/t13-/m1/s1. The van der Waals surface area contributed by atoms with Gasteiger partial charge >= 0.3 is 0 Å². The third kappa shape index (κ3) is 3.79. The SMILES string of the molecule is NC(=O)[C@@H]1CCN(C(=O)CCCc2nnc(-c3ccccc3)o2)C1. The average molecular weight is 328 g/mol. The van der Waals surface area contributed by atoms with Gasteiger partial charge in [0, 0.05) is 31.5 Å². The molecule has 24 heavy (non-hydrogen) atoms. The molecule has 0 unspecified atom stereocenters. The number of likely N-dealkylation sites (tertiary alicyclic amines) is 1. The molecule has 1 aromatic heterocycles. The lowest BCUT2D eigenvalue weighted by molar-refractivity contribution is -0.130. The molecule has 0 radical (unpaired) electrons. The summed E-state index contributed by atoms with van der Waals surface area (Å²) in [6.45, 7) is 1.04. The van der Waals surface area contributed by atoms with Gasteiger partial charge in [0.1, 0.15) is 0 Å². The summed E-state index contributed by atoms with van der Waals surface area (Å²) in [6.07, 6.45) is 2.24. The molecule has 2 heterocycles. The number of aromatic nitrogens is 2. The molecule has 0 saturated carbocycles. The number of amides is 2. The van der Waals surface area contributed by atoms with Crippen LogP contribution in [0.25, 0.3) is 11.5 Å². The Labute approximate surface area is 139 Å². The number of primary amides is 1. The van der Waals surface area contributed by atoms with Gasteiger partial charge in [0.05, 0.1) is 5.92 Å². The van der Waals surface area contributed by atoms with Crippen molar-refractivity contribution in [3.8, 4) is 11.5 Å². The Bertz CT molecular complexity index is 714. The second-order valence-electron chi connectivity index (χ2n) is 5.95. The van der Waals surface area contributed by atoms with E-state index in [1.54, 1.807) is 4.90 Å². The second-order valence-corrected chi connectivity index (χ2v) is 5.95. The highest BCUT2D eigenvalue weighted by Crippen LogP contribution is 2.19. The van der Waals surface area contributed by atoms with Crippen LogP contribution >= 0.6 is 0 Å². The van der Waals surface area contributed by atoms with Crippen LogP contribution in [0.15, 0.2) is 34.7 Å². The minimum atomic E-state index is -0.329. The fourth-order valence-corrected chi connectivity index (χ4v) is 2.82. The topological polar surface area (TPSA) is 102 Å². The van der Waals surface area contributed by atoms with Crippen LogP contribution < -0.4 is 5.73 Å². The van der Waals surface area contributed by atoms with E-state index in [2.05, 4.69) is 10.2 Å². The van der Waals surface area contributed by atoms with Crippen LogP contribution in [0.3, 0.4) is 0 Å². The van der Waals surface area contributed by atoms with Gasteiger partial charge in [-0.3, -0.25) is 9.59 Å². The van der Waals surface area contributed by atoms with Gasteiger partial charge in [0.25, 0.3) is 0 Å². The second kappa shape index (κ2) is 7.25. The van der Waals surface area contributed by atoms with Crippen molar-refractivity contribution < 1.29 is 14.0 Å². The van der Waals surface area contributed by atoms with Gasteiger partial charge in [0.2, 0.25) is 23.6 Å². The smallest absolute Gasteiger partial charge is 0.247 e. The molecule has 7 nitrogen and oxygen atoms in total. The molecular weight excluding hydrogens is 308 g/mol. The van der Waals surface area contributed by atoms with E-state index in [0.717, 1.165) is 5.56 Å².